The minimum absolute atomic E-state index is 0. The molecule has 1 atom stereocenters. The fourth-order valence-corrected chi connectivity index (χ4v) is 2.53. The first-order valence-electron chi connectivity index (χ1n) is 4.99. The Kier molecular flexibility index (Phi) is 9.58. The minimum atomic E-state index is 0. The highest BCUT2D eigenvalue weighted by Gasteiger charge is 2.38. The van der Waals surface area contributed by atoms with Crippen molar-refractivity contribution in [2.75, 3.05) is 26.2 Å². The van der Waals surface area contributed by atoms with Gasteiger partial charge >= 0.3 is 0 Å². The van der Waals surface area contributed by atoms with E-state index >= 15 is 0 Å². The molecule has 2 aliphatic heterocycles. The normalized spacial score (nSPS) is 27.4. The van der Waals surface area contributed by atoms with Gasteiger partial charge in [-0.2, -0.15) is 0 Å². The highest BCUT2D eigenvalue weighted by molar-refractivity contribution is 5.86. The summed E-state index contributed by atoms with van der Waals surface area (Å²) >= 11 is 0. The number of rotatable bonds is 1. The van der Waals surface area contributed by atoms with Gasteiger partial charge in [0.05, 0.1) is 0 Å². The van der Waals surface area contributed by atoms with Crippen LogP contribution in [0.5, 0.6) is 0 Å². The molecule has 2 aliphatic rings. The average molecular weight is 279 g/mol. The van der Waals surface area contributed by atoms with Gasteiger partial charge in [-0.3, -0.25) is 0 Å². The van der Waals surface area contributed by atoms with Gasteiger partial charge in [-0.25, -0.2) is 0 Å². The van der Waals surface area contributed by atoms with Crippen LogP contribution in [0.4, 0.5) is 0 Å². The molecule has 2 heterocycles. The van der Waals surface area contributed by atoms with Crippen LogP contribution >= 0.6 is 37.2 Å². The maximum absolute atomic E-state index is 5.65. The standard InChI is InChI=1S/C9H19N3.3ClH/c10-6-8-5-9(7-12-8)1-3-11-4-2-9;;;/h8,11-12H,1-7,10H2;3*1H. The van der Waals surface area contributed by atoms with Crippen LogP contribution in [0.1, 0.15) is 19.3 Å². The zero-order valence-electron chi connectivity index (χ0n) is 8.83. The minimum Gasteiger partial charge on any atom is -0.329 e. The molecule has 94 valence electrons. The monoisotopic (exact) mass is 277 g/mol. The van der Waals surface area contributed by atoms with Gasteiger partial charge in [0.2, 0.25) is 0 Å². The molecule has 0 bridgehead atoms. The molecule has 6 heteroatoms. The van der Waals surface area contributed by atoms with Crippen molar-refractivity contribution in [3.63, 3.8) is 0 Å². The first-order valence-corrected chi connectivity index (χ1v) is 4.99. The molecule has 0 radical (unpaired) electrons. The number of nitrogens with two attached hydrogens (primary N) is 1. The lowest BCUT2D eigenvalue weighted by Crippen LogP contribution is -2.37. The summed E-state index contributed by atoms with van der Waals surface area (Å²) in [5, 5.41) is 6.92. The van der Waals surface area contributed by atoms with Crippen LogP contribution in [-0.2, 0) is 0 Å². The van der Waals surface area contributed by atoms with E-state index in [2.05, 4.69) is 10.6 Å². The van der Waals surface area contributed by atoms with Crippen molar-refractivity contribution < 1.29 is 0 Å². The maximum atomic E-state index is 5.65. The molecular formula is C9H22Cl3N3. The molecule has 4 N–H and O–H groups in total. The second-order valence-corrected chi connectivity index (χ2v) is 4.27. The average Bonchev–Trinajstić information content (AvgIpc) is 2.50. The first-order chi connectivity index (χ1) is 5.85. The summed E-state index contributed by atoms with van der Waals surface area (Å²) in [7, 11) is 0. The summed E-state index contributed by atoms with van der Waals surface area (Å²) in [5.41, 5.74) is 6.24. The predicted octanol–water partition coefficient (Wildman–Crippen LogP) is 0.942. The summed E-state index contributed by atoms with van der Waals surface area (Å²) in [5.74, 6) is 0. The Hall–Kier alpha value is 0.750. The Morgan fingerprint density at radius 2 is 1.73 bits per heavy atom. The molecule has 0 aliphatic carbocycles. The van der Waals surface area contributed by atoms with Crippen LogP contribution in [0.2, 0.25) is 0 Å². The summed E-state index contributed by atoms with van der Waals surface area (Å²) in [4.78, 5) is 0. The molecule has 0 aromatic carbocycles. The third-order valence-corrected chi connectivity index (χ3v) is 3.39. The molecular weight excluding hydrogens is 256 g/mol. The molecule has 0 amide bonds. The quantitative estimate of drug-likeness (QED) is 0.669. The van der Waals surface area contributed by atoms with E-state index in [1.165, 1.54) is 38.9 Å². The van der Waals surface area contributed by atoms with Crippen LogP contribution in [0, 0.1) is 5.41 Å². The van der Waals surface area contributed by atoms with Gasteiger partial charge in [-0.15, -0.1) is 37.2 Å². The molecule has 2 saturated heterocycles. The smallest absolute Gasteiger partial charge is 0.0196 e. The highest BCUT2D eigenvalue weighted by atomic mass is 35.5. The lowest BCUT2D eigenvalue weighted by atomic mass is 9.77. The third kappa shape index (κ3) is 4.25. The second-order valence-electron chi connectivity index (χ2n) is 4.27. The van der Waals surface area contributed by atoms with Crippen LogP contribution in [0.3, 0.4) is 0 Å². The van der Waals surface area contributed by atoms with Crippen molar-refractivity contribution in [3.05, 3.63) is 0 Å². The number of hydrogen-bond acceptors (Lipinski definition) is 3. The lowest BCUT2D eigenvalue weighted by molar-refractivity contribution is 0.225. The predicted molar refractivity (Wildman–Crippen MR) is 71.7 cm³/mol. The lowest BCUT2D eigenvalue weighted by Gasteiger charge is -2.33. The fraction of sp³-hybridized carbons (Fsp3) is 1.00. The Labute approximate surface area is 111 Å². The van der Waals surface area contributed by atoms with Gasteiger partial charge in [-0.1, -0.05) is 0 Å². The van der Waals surface area contributed by atoms with E-state index in [-0.39, 0.29) is 37.2 Å². The van der Waals surface area contributed by atoms with E-state index < -0.39 is 0 Å². The maximum Gasteiger partial charge on any atom is 0.0196 e. The van der Waals surface area contributed by atoms with Crippen LogP contribution in [0.25, 0.3) is 0 Å². The molecule has 1 unspecified atom stereocenters. The van der Waals surface area contributed by atoms with Gasteiger partial charge in [0.15, 0.2) is 0 Å². The topological polar surface area (TPSA) is 50.1 Å². The Balaban J connectivity index is 0. The number of piperidine rings is 1. The van der Waals surface area contributed by atoms with E-state index in [1.54, 1.807) is 0 Å². The van der Waals surface area contributed by atoms with Crippen molar-refractivity contribution in [2.45, 2.75) is 25.3 Å². The SMILES string of the molecule is Cl.Cl.Cl.NCC1CC2(CCNCC2)CN1. The van der Waals surface area contributed by atoms with Crippen LogP contribution < -0.4 is 16.4 Å². The fourth-order valence-electron chi connectivity index (χ4n) is 2.53. The molecule has 15 heavy (non-hydrogen) atoms. The molecule has 2 fully saturated rings. The molecule has 0 aromatic rings. The van der Waals surface area contributed by atoms with Crippen LogP contribution in [0.15, 0.2) is 0 Å². The van der Waals surface area contributed by atoms with E-state index in [9.17, 15) is 0 Å². The molecule has 0 saturated carbocycles. The van der Waals surface area contributed by atoms with Gasteiger partial charge in [0, 0.05) is 19.1 Å². The van der Waals surface area contributed by atoms with E-state index in [4.69, 9.17) is 5.73 Å². The highest BCUT2D eigenvalue weighted by Crippen LogP contribution is 2.36. The zero-order chi connectivity index (χ0) is 8.44. The Morgan fingerprint density at radius 1 is 1.13 bits per heavy atom. The molecule has 1 spiro atoms. The van der Waals surface area contributed by atoms with E-state index in [0.29, 0.717) is 11.5 Å². The summed E-state index contributed by atoms with van der Waals surface area (Å²) < 4.78 is 0. The summed E-state index contributed by atoms with van der Waals surface area (Å²) in [6.07, 6.45) is 3.96. The number of halogens is 3. The van der Waals surface area contributed by atoms with E-state index in [1.807, 2.05) is 0 Å². The first kappa shape index (κ1) is 18.1. The Morgan fingerprint density at radius 3 is 2.20 bits per heavy atom. The number of hydrogen-bond donors (Lipinski definition) is 3. The van der Waals surface area contributed by atoms with Gasteiger partial charge in [0.1, 0.15) is 0 Å². The summed E-state index contributed by atoms with van der Waals surface area (Å²) in [6.45, 7) is 4.38. The van der Waals surface area contributed by atoms with Gasteiger partial charge in [0.25, 0.3) is 0 Å². The largest absolute Gasteiger partial charge is 0.329 e. The van der Waals surface area contributed by atoms with Gasteiger partial charge < -0.3 is 16.4 Å². The van der Waals surface area contributed by atoms with Crippen molar-refractivity contribution in [1.29, 1.82) is 0 Å². The van der Waals surface area contributed by atoms with Crippen LogP contribution in [-0.4, -0.2) is 32.2 Å². The Bertz CT molecular complexity index is 163. The third-order valence-electron chi connectivity index (χ3n) is 3.39. The van der Waals surface area contributed by atoms with Crippen molar-refractivity contribution in [2.24, 2.45) is 11.1 Å². The molecule has 0 aromatic heterocycles. The van der Waals surface area contributed by atoms with Crippen molar-refractivity contribution >= 4 is 37.2 Å². The zero-order valence-corrected chi connectivity index (χ0v) is 11.3. The van der Waals surface area contributed by atoms with Crippen molar-refractivity contribution in [3.8, 4) is 0 Å². The summed E-state index contributed by atoms with van der Waals surface area (Å²) in [6, 6.07) is 0.586. The molecule has 3 nitrogen and oxygen atoms in total. The van der Waals surface area contributed by atoms with Gasteiger partial charge in [-0.05, 0) is 37.8 Å². The van der Waals surface area contributed by atoms with Crippen molar-refractivity contribution in [1.82, 2.24) is 10.6 Å². The second kappa shape index (κ2) is 7.93. The van der Waals surface area contributed by atoms with E-state index in [0.717, 1.165) is 6.54 Å². The number of nitrogens with one attached hydrogen (secondary N) is 2. The molecule has 2 rings (SSSR count).